The van der Waals surface area contributed by atoms with E-state index in [0.29, 0.717) is 5.56 Å². The van der Waals surface area contributed by atoms with Gasteiger partial charge in [-0.05, 0) is 37.6 Å². The Labute approximate surface area is 250 Å². The van der Waals surface area contributed by atoms with Crippen LogP contribution in [0.1, 0.15) is 19.4 Å². The summed E-state index contributed by atoms with van der Waals surface area (Å²) in [6.07, 6.45) is -21.5. The molecule has 10 N–H and O–H groups in total. The smallest absolute Gasteiger partial charge is 0.331 e. The van der Waals surface area contributed by atoms with Crippen LogP contribution in [0.15, 0.2) is 24.3 Å². The van der Waals surface area contributed by atoms with Crippen molar-refractivity contribution in [2.24, 2.45) is 0 Å². The number of phenolic OH excluding ortho intramolecular Hbond substituents is 2. The van der Waals surface area contributed by atoms with Gasteiger partial charge in [-0.15, -0.1) is 0 Å². The molecule has 15 atom stereocenters. The standard InChI is InChI=1S/C27H38O17/c1-9-16(31)18(33)20(35)26(40-9)39-8-14-23(43-15(30)6-4-11-3-5-12(28)13(29)7-11)24(22(37)25(38)42-14)44-27-21(36)19(34)17(32)10(2)41-27/h3-7,9-10,14,16-29,31-38H,8H2,1-2H3/b6-4+/t9-,10-,14+,16-,17-,18+,19+,20+,21+,22+,23+,24+,25-,26+,27-/m0/s1. The minimum atomic E-state index is -1.98. The Balaban J connectivity index is 1.57. The van der Waals surface area contributed by atoms with Crippen molar-refractivity contribution in [1.29, 1.82) is 0 Å². The van der Waals surface area contributed by atoms with Crippen LogP contribution in [0.2, 0.25) is 0 Å². The fourth-order valence-electron chi connectivity index (χ4n) is 4.94. The molecule has 0 aromatic heterocycles. The summed E-state index contributed by atoms with van der Waals surface area (Å²) in [6.45, 7) is 2.19. The molecule has 3 fully saturated rings. The first-order chi connectivity index (χ1) is 20.7. The maximum atomic E-state index is 12.9. The first-order valence-electron chi connectivity index (χ1n) is 13.8. The van der Waals surface area contributed by atoms with Crippen molar-refractivity contribution in [1.82, 2.24) is 0 Å². The summed E-state index contributed by atoms with van der Waals surface area (Å²) >= 11 is 0. The van der Waals surface area contributed by atoms with E-state index in [4.69, 9.17) is 28.4 Å². The van der Waals surface area contributed by atoms with Gasteiger partial charge in [-0.1, -0.05) is 6.07 Å². The second-order valence-corrected chi connectivity index (χ2v) is 10.8. The van der Waals surface area contributed by atoms with Crippen LogP contribution < -0.4 is 0 Å². The number of aliphatic hydroxyl groups is 8. The molecule has 3 heterocycles. The van der Waals surface area contributed by atoms with Crippen LogP contribution in [0.4, 0.5) is 0 Å². The third kappa shape index (κ3) is 7.48. The number of esters is 1. The molecule has 4 rings (SSSR count). The van der Waals surface area contributed by atoms with E-state index in [1.807, 2.05) is 0 Å². The first-order valence-corrected chi connectivity index (χ1v) is 13.8. The number of rotatable bonds is 8. The number of benzene rings is 1. The van der Waals surface area contributed by atoms with E-state index >= 15 is 0 Å². The number of carbonyl (C=O) groups excluding carboxylic acids is 1. The molecule has 0 unspecified atom stereocenters. The van der Waals surface area contributed by atoms with Crippen molar-refractivity contribution in [3.8, 4) is 11.5 Å². The normalized spacial score (nSPS) is 43.2. The molecule has 1 aromatic carbocycles. The van der Waals surface area contributed by atoms with Gasteiger partial charge in [0.2, 0.25) is 0 Å². The lowest BCUT2D eigenvalue weighted by Gasteiger charge is -2.46. The number of aromatic hydroxyl groups is 2. The van der Waals surface area contributed by atoms with Gasteiger partial charge in [-0.3, -0.25) is 0 Å². The Morgan fingerprint density at radius 3 is 1.95 bits per heavy atom. The molecule has 17 nitrogen and oxygen atoms in total. The number of phenols is 2. The van der Waals surface area contributed by atoms with Gasteiger partial charge >= 0.3 is 5.97 Å². The van der Waals surface area contributed by atoms with Crippen LogP contribution in [-0.4, -0.2) is 156 Å². The fourth-order valence-corrected chi connectivity index (χ4v) is 4.94. The van der Waals surface area contributed by atoms with Gasteiger partial charge < -0.3 is 79.5 Å². The highest BCUT2D eigenvalue weighted by Crippen LogP contribution is 2.32. The average molecular weight is 635 g/mol. The third-order valence-corrected chi connectivity index (χ3v) is 7.63. The molecule has 17 heteroatoms. The van der Waals surface area contributed by atoms with E-state index < -0.39 is 110 Å². The largest absolute Gasteiger partial charge is 0.504 e. The Bertz CT molecular complexity index is 1150. The minimum Gasteiger partial charge on any atom is -0.504 e. The van der Waals surface area contributed by atoms with Crippen LogP contribution in [0.3, 0.4) is 0 Å². The lowest BCUT2D eigenvalue weighted by molar-refractivity contribution is -0.359. The summed E-state index contributed by atoms with van der Waals surface area (Å²) < 4.78 is 33.0. The Morgan fingerprint density at radius 1 is 0.750 bits per heavy atom. The minimum absolute atomic E-state index is 0.291. The van der Waals surface area contributed by atoms with E-state index in [1.165, 1.54) is 32.1 Å². The summed E-state index contributed by atoms with van der Waals surface area (Å²) in [6, 6.07) is 3.73. The zero-order valence-electron chi connectivity index (χ0n) is 23.6. The Morgan fingerprint density at radius 2 is 1.34 bits per heavy atom. The summed E-state index contributed by atoms with van der Waals surface area (Å²) in [5, 5.41) is 101. The molecule has 1 aromatic rings. The first kappa shape index (κ1) is 34.4. The lowest BCUT2D eigenvalue weighted by Crippen LogP contribution is -2.65. The summed E-state index contributed by atoms with van der Waals surface area (Å²) in [5.74, 6) is -1.89. The predicted molar refractivity (Wildman–Crippen MR) is 141 cm³/mol. The van der Waals surface area contributed by atoms with Gasteiger partial charge in [0.25, 0.3) is 0 Å². The molecule has 248 valence electrons. The Kier molecular flexibility index (Phi) is 11.2. The van der Waals surface area contributed by atoms with Crippen LogP contribution in [0.25, 0.3) is 6.08 Å². The molecule has 0 radical (unpaired) electrons. The third-order valence-electron chi connectivity index (χ3n) is 7.63. The van der Waals surface area contributed by atoms with Crippen molar-refractivity contribution in [3.63, 3.8) is 0 Å². The molecule has 0 aliphatic carbocycles. The number of carbonyl (C=O) groups is 1. The number of hydrogen-bond donors (Lipinski definition) is 10. The van der Waals surface area contributed by atoms with E-state index in [-0.39, 0.29) is 5.75 Å². The van der Waals surface area contributed by atoms with Gasteiger partial charge in [-0.25, -0.2) is 4.79 Å². The zero-order valence-corrected chi connectivity index (χ0v) is 23.6. The quantitative estimate of drug-likeness (QED) is 0.0745. The molecule has 3 aliphatic heterocycles. The molecular formula is C27H38O17. The molecule has 0 amide bonds. The highest BCUT2D eigenvalue weighted by atomic mass is 16.7. The van der Waals surface area contributed by atoms with E-state index in [1.54, 1.807) is 0 Å². The second-order valence-electron chi connectivity index (χ2n) is 10.8. The number of aliphatic hydroxyl groups excluding tert-OH is 8. The topological polar surface area (TPSA) is 275 Å². The molecule has 0 saturated carbocycles. The molecule has 0 bridgehead atoms. The van der Waals surface area contributed by atoms with Gasteiger partial charge in [0.1, 0.15) is 54.9 Å². The van der Waals surface area contributed by atoms with Gasteiger partial charge in [0.05, 0.1) is 18.8 Å². The average Bonchev–Trinajstić information content (AvgIpc) is 2.99. The zero-order chi connectivity index (χ0) is 32.5. The van der Waals surface area contributed by atoms with Crippen LogP contribution in [0, 0.1) is 0 Å². The van der Waals surface area contributed by atoms with E-state index in [2.05, 4.69) is 0 Å². The van der Waals surface area contributed by atoms with Gasteiger partial charge in [-0.2, -0.15) is 0 Å². The van der Waals surface area contributed by atoms with Crippen LogP contribution in [0.5, 0.6) is 11.5 Å². The monoisotopic (exact) mass is 634 g/mol. The summed E-state index contributed by atoms with van der Waals surface area (Å²) in [4.78, 5) is 12.9. The molecular weight excluding hydrogens is 596 g/mol. The predicted octanol–water partition coefficient (Wildman–Crippen LogP) is -3.84. The molecule has 3 saturated heterocycles. The van der Waals surface area contributed by atoms with Gasteiger partial charge in [0, 0.05) is 6.08 Å². The highest BCUT2D eigenvalue weighted by Gasteiger charge is 2.52. The summed E-state index contributed by atoms with van der Waals surface area (Å²) in [5.41, 5.74) is 0.291. The van der Waals surface area contributed by atoms with Crippen molar-refractivity contribution >= 4 is 12.0 Å². The Hall–Kier alpha value is -2.49. The molecule has 0 spiro atoms. The lowest BCUT2D eigenvalue weighted by atomic mass is 9.97. The SMILES string of the molecule is C[C@@H]1O[C@@H](OC[C@H]2O[C@H](O)[C@H](O)[C@@H](O[C@@H]3O[C@@H](C)[C@H](O)[C@@H](O)[C@H]3O)[C@@H]2OC(=O)/C=C/c2ccc(O)c(O)c2)[C@H](O)[C@H](O)[C@H]1O. The van der Waals surface area contributed by atoms with Gasteiger partial charge in [0.15, 0.2) is 36.5 Å². The molecule has 44 heavy (non-hydrogen) atoms. The van der Waals surface area contributed by atoms with Crippen molar-refractivity contribution in [3.05, 3.63) is 29.8 Å². The van der Waals surface area contributed by atoms with Crippen molar-refractivity contribution < 1.29 is 84.3 Å². The fraction of sp³-hybridized carbons (Fsp3) is 0.667. The maximum Gasteiger partial charge on any atom is 0.331 e. The number of ether oxygens (including phenoxy) is 6. The second kappa shape index (κ2) is 14.3. The summed E-state index contributed by atoms with van der Waals surface area (Å²) in [7, 11) is 0. The van der Waals surface area contributed by atoms with Crippen molar-refractivity contribution in [2.45, 2.75) is 106 Å². The van der Waals surface area contributed by atoms with E-state index in [0.717, 1.165) is 12.1 Å². The number of hydrogen-bond acceptors (Lipinski definition) is 17. The maximum absolute atomic E-state index is 12.9. The molecule has 3 aliphatic rings. The highest BCUT2D eigenvalue weighted by molar-refractivity contribution is 5.87. The van der Waals surface area contributed by atoms with E-state index in [9.17, 15) is 55.9 Å². The van der Waals surface area contributed by atoms with Crippen LogP contribution in [-0.2, 0) is 33.2 Å². The van der Waals surface area contributed by atoms with Crippen LogP contribution >= 0.6 is 0 Å². The van der Waals surface area contributed by atoms with Crippen molar-refractivity contribution in [2.75, 3.05) is 6.61 Å².